The van der Waals surface area contributed by atoms with Gasteiger partial charge in [0.1, 0.15) is 0 Å². The summed E-state index contributed by atoms with van der Waals surface area (Å²) in [5.41, 5.74) is 0.965. The van der Waals surface area contributed by atoms with E-state index in [0.717, 1.165) is 37.8 Å². The molecule has 1 saturated carbocycles. The highest BCUT2D eigenvalue weighted by Gasteiger charge is 2.27. The van der Waals surface area contributed by atoms with E-state index in [4.69, 9.17) is 0 Å². The van der Waals surface area contributed by atoms with E-state index in [9.17, 15) is 8.78 Å². The van der Waals surface area contributed by atoms with Gasteiger partial charge in [0.15, 0.2) is 0 Å². The zero-order valence-electron chi connectivity index (χ0n) is 11.4. The number of para-hydroxylation sites is 1. The Kier molecular flexibility index (Phi) is 4.46. The topological polar surface area (TPSA) is 15.3 Å². The third-order valence-corrected chi connectivity index (χ3v) is 4.76. The second-order valence-electron chi connectivity index (χ2n) is 5.63. The normalized spacial score (nSPS) is 22.8. The minimum absolute atomic E-state index is 0.639. The Morgan fingerprint density at radius 3 is 2.80 bits per heavy atom. The van der Waals surface area contributed by atoms with Crippen molar-refractivity contribution in [3.05, 3.63) is 24.3 Å². The van der Waals surface area contributed by atoms with Crippen LogP contribution in [0, 0.1) is 5.92 Å². The highest BCUT2D eigenvalue weighted by atomic mass is 32.2. The van der Waals surface area contributed by atoms with Crippen molar-refractivity contribution in [2.45, 2.75) is 36.0 Å². The number of anilines is 1. The molecule has 1 N–H and O–H groups in total. The third kappa shape index (κ3) is 3.64. The number of nitrogens with one attached hydrogen (secondary N) is 1. The molecule has 1 heterocycles. The number of hydrogen-bond donors (Lipinski definition) is 1. The summed E-state index contributed by atoms with van der Waals surface area (Å²) in [6.45, 7) is 3.00. The van der Waals surface area contributed by atoms with E-state index in [0.29, 0.717) is 22.6 Å². The monoisotopic (exact) mass is 298 g/mol. The molecular formula is C15H20F2N2S. The number of nitrogens with zero attached hydrogens (tertiary/aromatic N) is 1. The fourth-order valence-electron chi connectivity index (χ4n) is 2.75. The number of benzene rings is 1. The van der Waals surface area contributed by atoms with Crippen LogP contribution < -0.4 is 10.2 Å². The Labute approximate surface area is 122 Å². The summed E-state index contributed by atoms with van der Waals surface area (Å²) in [5, 5.41) is 3.57. The molecule has 0 spiro atoms. The molecule has 1 aromatic rings. The van der Waals surface area contributed by atoms with Crippen LogP contribution >= 0.6 is 11.8 Å². The van der Waals surface area contributed by atoms with Crippen LogP contribution in [0.2, 0.25) is 0 Å². The van der Waals surface area contributed by atoms with Gasteiger partial charge >= 0.3 is 0 Å². The largest absolute Gasteiger partial charge is 0.370 e. The van der Waals surface area contributed by atoms with Crippen molar-refractivity contribution in [3.63, 3.8) is 0 Å². The molecule has 5 heteroatoms. The van der Waals surface area contributed by atoms with Crippen LogP contribution in [0.1, 0.15) is 19.3 Å². The highest BCUT2D eigenvalue weighted by Crippen LogP contribution is 2.36. The maximum Gasteiger partial charge on any atom is 0.288 e. The molecule has 1 aliphatic carbocycles. The van der Waals surface area contributed by atoms with Crippen LogP contribution in [-0.4, -0.2) is 31.4 Å². The summed E-state index contributed by atoms with van der Waals surface area (Å²) in [6, 6.07) is 8.26. The van der Waals surface area contributed by atoms with Gasteiger partial charge in [-0.1, -0.05) is 23.9 Å². The molecule has 3 rings (SSSR count). The summed E-state index contributed by atoms with van der Waals surface area (Å²) < 4.78 is 25.2. The van der Waals surface area contributed by atoms with E-state index in [1.165, 1.54) is 12.8 Å². The van der Waals surface area contributed by atoms with Crippen LogP contribution in [0.4, 0.5) is 14.5 Å². The molecule has 0 aromatic heterocycles. The van der Waals surface area contributed by atoms with Gasteiger partial charge in [-0.3, -0.25) is 0 Å². The Balaban J connectivity index is 1.61. The first-order valence-electron chi connectivity index (χ1n) is 7.24. The summed E-state index contributed by atoms with van der Waals surface area (Å²) in [6.07, 6.45) is 3.77. The molecule has 1 saturated heterocycles. The highest BCUT2D eigenvalue weighted by molar-refractivity contribution is 7.99. The Morgan fingerprint density at radius 2 is 2.05 bits per heavy atom. The van der Waals surface area contributed by atoms with E-state index in [2.05, 4.69) is 10.2 Å². The number of alkyl halides is 2. The van der Waals surface area contributed by atoms with Gasteiger partial charge in [-0.2, -0.15) is 8.78 Å². The summed E-state index contributed by atoms with van der Waals surface area (Å²) in [4.78, 5) is 2.95. The third-order valence-electron chi connectivity index (χ3n) is 3.98. The van der Waals surface area contributed by atoms with Crippen molar-refractivity contribution in [3.8, 4) is 0 Å². The molecule has 1 aliphatic heterocycles. The number of hydrogen-bond acceptors (Lipinski definition) is 3. The van der Waals surface area contributed by atoms with E-state index in [-0.39, 0.29) is 0 Å². The molecule has 0 amide bonds. The zero-order chi connectivity index (χ0) is 13.9. The minimum Gasteiger partial charge on any atom is -0.370 e. The van der Waals surface area contributed by atoms with Crippen molar-refractivity contribution in [2.24, 2.45) is 5.92 Å². The summed E-state index contributed by atoms with van der Waals surface area (Å²) >= 11 is 0.651. The van der Waals surface area contributed by atoms with Gasteiger partial charge in [0, 0.05) is 24.0 Å². The first-order valence-corrected chi connectivity index (χ1v) is 8.12. The van der Waals surface area contributed by atoms with E-state index in [1.54, 1.807) is 6.07 Å². The molecule has 1 atom stereocenters. The van der Waals surface area contributed by atoms with Crippen LogP contribution in [-0.2, 0) is 0 Å². The number of halogens is 2. The maximum atomic E-state index is 12.6. The predicted molar refractivity (Wildman–Crippen MR) is 79.6 cm³/mol. The molecule has 1 aromatic carbocycles. The van der Waals surface area contributed by atoms with Gasteiger partial charge < -0.3 is 10.2 Å². The van der Waals surface area contributed by atoms with Gasteiger partial charge in [-0.05, 0) is 43.9 Å². The lowest BCUT2D eigenvalue weighted by Crippen LogP contribution is -2.27. The quantitative estimate of drug-likeness (QED) is 0.808. The van der Waals surface area contributed by atoms with Crippen molar-refractivity contribution in [1.29, 1.82) is 0 Å². The lowest BCUT2D eigenvalue weighted by molar-refractivity contribution is 0.252. The fraction of sp³-hybridized carbons (Fsp3) is 0.600. The Bertz CT molecular complexity index is 451. The molecule has 0 radical (unpaired) electrons. The second kappa shape index (κ2) is 6.31. The van der Waals surface area contributed by atoms with E-state index >= 15 is 0 Å². The SMILES string of the molecule is FC(F)Sc1ccccc1N1CCC(CNC2CC2)C1. The molecular weight excluding hydrogens is 278 g/mol. The van der Waals surface area contributed by atoms with Crippen LogP contribution in [0.25, 0.3) is 0 Å². The first kappa shape index (κ1) is 14.1. The zero-order valence-corrected chi connectivity index (χ0v) is 12.2. The minimum atomic E-state index is -2.36. The number of rotatable bonds is 6. The van der Waals surface area contributed by atoms with Gasteiger partial charge in [0.05, 0.1) is 5.69 Å². The Morgan fingerprint density at radius 1 is 1.25 bits per heavy atom. The van der Waals surface area contributed by atoms with Gasteiger partial charge in [-0.15, -0.1) is 0 Å². The van der Waals surface area contributed by atoms with E-state index in [1.807, 2.05) is 18.2 Å². The first-order chi connectivity index (χ1) is 9.72. The van der Waals surface area contributed by atoms with Crippen LogP contribution in [0.3, 0.4) is 0 Å². The number of thioether (sulfide) groups is 1. The van der Waals surface area contributed by atoms with Crippen LogP contribution in [0.15, 0.2) is 29.2 Å². The maximum absolute atomic E-state index is 12.6. The average Bonchev–Trinajstić information content (AvgIpc) is 3.14. The smallest absolute Gasteiger partial charge is 0.288 e. The predicted octanol–water partition coefficient (Wildman–Crippen LogP) is 3.58. The van der Waals surface area contributed by atoms with Gasteiger partial charge in [0.25, 0.3) is 5.76 Å². The molecule has 110 valence electrons. The second-order valence-corrected chi connectivity index (χ2v) is 6.66. The lowest BCUT2D eigenvalue weighted by Gasteiger charge is -2.21. The lowest BCUT2D eigenvalue weighted by atomic mass is 10.1. The average molecular weight is 298 g/mol. The standard InChI is InChI=1S/C15H20F2N2S/c16-15(17)20-14-4-2-1-3-13(14)19-8-7-11(10-19)9-18-12-5-6-12/h1-4,11-12,15,18H,5-10H2. The van der Waals surface area contributed by atoms with Crippen LogP contribution in [0.5, 0.6) is 0 Å². The molecule has 2 fully saturated rings. The van der Waals surface area contributed by atoms with Gasteiger partial charge in [-0.25, -0.2) is 0 Å². The molecule has 1 unspecified atom stereocenters. The summed E-state index contributed by atoms with van der Waals surface area (Å²) in [7, 11) is 0. The van der Waals surface area contributed by atoms with E-state index < -0.39 is 5.76 Å². The van der Waals surface area contributed by atoms with Gasteiger partial charge in [0.2, 0.25) is 0 Å². The molecule has 0 bridgehead atoms. The molecule has 2 aliphatic rings. The molecule has 20 heavy (non-hydrogen) atoms. The molecule has 2 nitrogen and oxygen atoms in total. The summed E-state index contributed by atoms with van der Waals surface area (Å²) in [5.74, 6) is -1.72. The Hall–Kier alpha value is -0.810. The van der Waals surface area contributed by atoms with Crippen molar-refractivity contribution >= 4 is 17.4 Å². The van der Waals surface area contributed by atoms with Crippen molar-refractivity contribution in [1.82, 2.24) is 5.32 Å². The van der Waals surface area contributed by atoms with Crippen molar-refractivity contribution in [2.75, 3.05) is 24.5 Å². The fourth-order valence-corrected chi connectivity index (χ4v) is 3.42. The van der Waals surface area contributed by atoms with Crippen molar-refractivity contribution < 1.29 is 8.78 Å².